The van der Waals surface area contributed by atoms with E-state index < -0.39 is 5.54 Å². The molecule has 19 heavy (non-hydrogen) atoms. The van der Waals surface area contributed by atoms with Crippen LogP contribution in [0.25, 0.3) is 0 Å². The second kappa shape index (κ2) is 5.24. The fourth-order valence-electron chi connectivity index (χ4n) is 2.74. The van der Waals surface area contributed by atoms with Crippen LogP contribution in [0.2, 0.25) is 0 Å². The number of rotatable bonds is 4. The zero-order valence-corrected chi connectivity index (χ0v) is 10.7. The molecule has 0 bridgehead atoms. The smallest absolute Gasteiger partial charge is 0.235 e. The topological polar surface area (TPSA) is 76.0 Å². The second-order valence-electron chi connectivity index (χ2n) is 4.67. The molecule has 0 saturated heterocycles. The van der Waals surface area contributed by atoms with Crippen molar-refractivity contribution >= 4 is 12.4 Å². The van der Waals surface area contributed by atoms with E-state index in [1.165, 1.54) is 13.2 Å². The summed E-state index contributed by atoms with van der Waals surface area (Å²) in [5.41, 5.74) is 0.246. The van der Waals surface area contributed by atoms with Crippen molar-refractivity contribution in [2.75, 3.05) is 7.11 Å². The number of carbonyl (C=O) groups is 1. The first-order valence-electron chi connectivity index (χ1n) is 6.12. The number of hydrogen-bond donors (Lipinski definition) is 1. The van der Waals surface area contributed by atoms with Gasteiger partial charge in [0.1, 0.15) is 0 Å². The Morgan fingerprint density at radius 3 is 2.63 bits per heavy atom. The lowest BCUT2D eigenvalue weighted by Crippen LogP contribution is -2.21. The van der Waals surface area contributed by atoms with Crippen molar-refractivity contribution in [3.63, 3.8) is 0 Å². The minimum Gasteiger partial charge on any atom is -0.504 e. The van der Waals surface area contributed by atoms with Crippen LogP contribution in [0.3, 0.4) is 0 Å². The number of nitrogens with zero attached hydrogens (tertiary/aromatic N) is 1. The van der Waals surface area contributed by atoms with Crippen LogP contribution in [0, 0.1) is 0 Å². The minimum atomic E-state index is -0.709. The lowest BCUT2D eigenvalue weighted by molar-refractivity contribution is 0.112. The molecule has 0 heterocycles. The molecule has 0 unspecified atom stereocenters. The Morgan fingerprint density at radius 1 is 1.42 bits per heavy atom. The molecule has 1 fully saturated rings. The highest BCUT2D eigenvalue weighted by Gasteiger charge is 2.38. The quantitative estimate of drug-likeness (QED) is 0.512. The summed E-state index contributed by atoms with van der Waals surface area (Å²) in [4.78, 5) is 25.8. The fourth-order valence-corrected chi connectivity index (χ4v) is 2.74. The summed E-state index contributed by atoms with van der Waals surface area (Å²) in [6.45, 7) is 0. The molecule has 1 saturated carbocycles. The molecule has 1 N–H and O–H groups in total. The van der Waals surface area contributed by atoms with Crippen molar-refractivity contribution in [2.24, 2.45) is 4.99 Å². The highest BCUT2D eigenvalue weighted by molar-refractivity contribution is 5.80. The van der Waals surface area contributed by atoms with E-state index in [0.29, 0.717) is 30.3 Å². The summed E-state index contributed by atoms with van der Waals surface area (Å²) < 4.78 is 5.06. The molecular weight excluding hydrogens is 246 g/mol. The average Bonchev–Trinajstić information content (AvgIpc) is 2.88. The average molecular weight is 261 g/mol. The van der Waals surface area contributed by atoms with Gasteiger partial charge in [-0.1, -0.05) is 12.8 Å². The number of aldehydes is 1. The van der Waals surface area contributed by atoms with Crippen LogP contribution in [0.1, 0.15) is 41.6 Å². The molecule has 0 radical (unpaired) electrons. The second-order valence-corrected chi connectivity index (χ2v) is 4.67. The van der Waals surface area contributed by atoms with Crippen molar-refractivity contribution in [2.45, 2.75) is 31.2 Å². The van der Waals surface area contributed by atoms with Crippen LogP contribution in [-0.2, 0) is 10.3 Å². The summed E-state index contributed by atoms with van der Waals surface area (Å²) in [7, 11) is 1.43. The van der Waals surface area contributed by atoms with Gasteiger partial charge in [-0.25, -0.2) is 4.79 Å². The van der Waals surface area contributed by atoms with E-state index >= 15 is 0 Å². The van der Waals surface area contributed by atoms with Gasteiger partial charge in [0.15, 0.2) is 17.8 Å². The van der Waals surface area contributed by atoms with Gasteiger partial charge in [-0.15, -0.1) is 0 Å². The Kier molecular flexibility index (Phi) is 3.67. The Hall–Kier alpha value is -2.13. The van der Waals surface area contributed by atoms with E-state index in [2.05, 4.69) is 4.99 Å². The first kappa shape index (κ1) is 13.3. The van der Waals surface area contributed by atoms with Crippen molar-refractivity contribution in [1.82, 2.24) is 0 Å². The van der Waals surface area contributed by atoms with E-state index in [1.54, 1.807) is 12.1 Å². The number of hydrogen-bond acceptors (Lipinski definition) is 5. The number of ether oxygens (including phenoxy) is 1. The summed E-state index contributed by atoms with van der Waals surface area (Å²) in [5, 5.41) is 9.71. The molecule has 0 aromatic heterocycles. The summed E-state index contributed by atoms with van der Waals surface area (Å²) >= 11 is 0. The number of phenolic OH excluding ortho intramolecular Hbond substituents is 1. The molecule has 1 aliphatic carbocycles. The summed E-state index contributed by atoms with van der Waals surface area (Å²) in [6, 6.07) is 2.94. The molecular formula is C14H15NO4. The highest BCUT2D eigenvalue weighted by Crippen LogP contribution is 2.45. The van der Waals surface area contributed by atoms with Gasteiger partial charge in [0, 0.05) is 5.56 Å². The van der Waals surface area contributed by atoms with Gasteiger partial charge in [-0.05, 0) is 30.5 Å². The molecule has 5 heteroatoms. The third-order valence-corrected chi connectivity index (χ3v) is 3.67. The summed E-state index contributed by atoms with van der Waals surface area (Å²) in [6.07, 6.45) is 5.53. The lowest BCUT2D eigenvalue weighted by atomic mass is 9.85. The third-order valence-electron chi connectivity index (χ3n) is 3.67. The van der Waals surface area contributed by atoms with Crippen LogP contribution >= 0.6 is 0 Å². The number of aromatic hydroxyl groups is 1. The minimum absolute atomic E-state index is 0.100. The zero-order chi connectivity index (χ0) is 13.9. The third kappa shape index (κ3) is 2.25. The molecule has 2 rings (SSSR count). The SMILES string of the molecule is COc1cc(C2(N=C=O)CCCC2)c(C=O)cc1O. The Balaban J connectivity index is 2.64. The molecule has 1 aromatic rings. The first-order chi connectivity index (χ1) is 9.16. The molecule has 0 atom stereocenters. The maximum absolute atomic E-state index is 11.2. The van der Waals surface area contributed by atoms with Crippen molar-refractivity contribution in [3.05, 3.63) is 23.3 Å². The van der Waals surface area contributed by atoms with Gasteiger partial charge in [0.2, 0.25) is 6.08 Å². The monoisotopic (exact) mass is 261 g/mol. The number of aliphatic imine (C=N–C) groups is 1. The van der Waals surface area contributed by atoms with Crippen molar-refractivity contribution in [1.29, 1.82) is 0 Å². The Bertz CT molecular complexity index is 541. The van der Waals surface area contributed by atoms with Crippen LogP contribution in [-0.4, -0.2) is 24.6 Å². The normalized spacial score (nSPS) is 16.7. The standard InChI is InChI=1S/C14H15NO4/c1-19-13-7-11(10(8-16)6-12(13)18)14(15-9-17)4-2-3-5-14/h6-8,18H,2-5H2,1H3. The van der Waals surface area contributed by atoms with Gasteiger partial charge in [-0.2, -0.15) is 4.99 Å². The number of benzene rings is 1. The van der Waals surface area contributed by atoms with Crippen LogP contribution < -0.4 is 4.74 Å². The molecule has 1 aliphatic rings. The lowest BCUT2D eigenvalue weighted by Gasteiger charge is -2.25. The van der Waals surface area contributed by atoms with E-state index in [9.17, 15) is 14.7 Å². The number of carbonyl (C=O) groups excluding carboxylic acids is 2. The Morgan fingerprint density at radius 2 is 2.11 bits per heavy atom. The predicted molar refractivity (Wildman–Crippen MR) is 68.3 cm³/mol. The Labute approximate surface area is 110 Å². The van der Waals surface area contributed by atoms with Gasteiger partial charge in [0.25, 0.3) is 0 Å². The van der Waals surface area contributed by atoms with E-state index in [-0.39, 0.29) is 11.5 Å². The maximum Gasteiger partial charge on any atom is 0.235 e. The molecule has 100 valence electrons. The van der Waals surface area contributed by atoms with Gasteiger partial charge >= 0.3 is 0 Å². The van der Waals surface area contributed by atoms with E-state index in [0.717, 1.165) is 12.8 Å². The van der Waals surface area contributed by atoms with Crippen molar-refractivity contribution in [3.8, 4) is 11.5 Å². The largest absolute Gasteiger partial charge is 0.504 e. The van der Waals surface area contributed by atoms with Gasteiger partial charge < -0.3 is 9.84 Å². The maximum atomic E-state index is 11.2. The first-order valence-corrected chi connectivity index (χ1v) is 6.12. The van der Waals surface area contributed by atoms with Gasteiger partial charge in [-0.3, -0.25) is 4.79 Å². The highest BCUT2D eigenvalue weighted by atomic mass is 16.5. The summed E-state index contributed by atoms with van der Waals surface area (Å²) in [5.74, 6) is 0.171. The van der Waals surface area contributed by atoms with Crippen LogP contribution in [0.15, 0.2) is 17.1 Å². The van der Waals surface area contributed by atoms with Gasteiger partial charge in [0.05, 0.1) is 12.6 Å². The van der Waals surface area contributed by atoms with Crippen LogP contribution in [0.4, 0.5) is 0 Å². The fraction of sp³-hybridized carbons (Fsp3) is 0.429. The molecule has 0 spiro atoms. The molecule has 0 aliphatic heterocycles. The van der Waals surface area contributed by atoms with E-state index in [1.807, 2.05) is 0 Å². The molecule has 5 nitrogen and oxygen atoms in total. The predicted octanol–water partition coefficient (Wildman–Crippen LogP) is 2.32. The molecule has 1 aromatic carbocycles. The van der Waals surface area contributed by atoms with Crippen LogP contribution in [0.5, 0.6) is 11.5 Å². The molecule has 0 amide bonds. The van der Waals surface area contributed by atoms with Crippen molar-refractivity contribution < 1.29 is 19.4 Å². The number of methoxy groups -OCH3 is 1. The zero-order valence-electron chi connectivity index (χ0n) is 10.7. The number of phenols is 1. The number of isocyanates is 1. The van der Waals surface area contributed by atoms with E-state index in [4.69, 9.17) is 4.74 Å².